The summed E-state index contributed by atoms with van der Waals surface area (Å²) in [4.78, 5) is 4.24. The third-order valence-corrected chi connectivity index (χ3v) is 3.40. The molecule has 0 atom stereocenters. The zero-order valence-corrected chi connectivity index (χ0v) is 12.6. The van der Waals surface area contributed by atoms with Crippen LogP contribution in [0.4, 0.5) is 0 Å². The van der Waals surface area contributed by atoms with Crippen molar-refractivity contribution in [2.75, 3.05) is 14.2 Å². The van der Waals surface area contributed by atoms with E-state index in [0.717, 1.165) is 5.56 Å². The molecule has 0 aliphatic heterocycles. The van der Waals surface area contributed by atoms with Gasteiger partial charge >= 0.3 is 0 Å². The summed E-state index contributed by atoms with van der Waals surface area (Å²) in [6, 6.07) is 9.78. The predicted molar refractivity (Wildman–Crippen MR) is 83.8 cm³/mol. The summed E-state index contributed by atoms with van der Waals surface area (Å²) in [7, 11) is 3.12. The van der Waals surface area contributed by atoms with E-state index in [2.05, 4.69) is 4.98 Å². The molecule has 0 aliphatic rings. The molecule has 118 valence electrons. The second kappa shape index (κ2) is 5.92. The highest BCUT2D eigenvalue weighted by Crippen LogP contribution is 2.35. The molecule has 0 radical (unpaired) electrons. The highest BCUT2D eigenvalue weighted by atomic mass is 16.5. The van der Waals surface area contributed by atoms with Crippen molar-refractivity contribution in [2.24, 2.45) is 0 Å². The molecule has 3 rings (SSSR count). The van der Waals surface area contributed by atoms with Crippen LogP contribution < -0.4 is 9.47 Å². The van der Waals surface area contributed by atoms with Crippen molar-refractivity contribution in [1.82, 2.24) is 4.98 Å². The van der Waals surface area contributed by atoms with E-state index in [1.165, 1.54) is 12.1 Å². The van der Waals surface area contributed by atoms with E-state index >= 15 is 0 Å². The Labute approximate surface area is 132 Å². The van der Waals surface area contributed by atoms with Gasteiger partial charge < -0.3 is 24.1 Å². The molecule has 1 heterocycles. The van der Waals surface area contributed by atoms with E-state index in [1.807, 2.05) is 6.07 Å². The molecule has 0 saturated carbocycles. The van der Waals surface area contributed by atoms with Gasteiger partial charge in [0.2, 0.25) is 5.89 Å². The summed E-state index contributed by atoms with van der Waals surface area (Å²) < 4.78 is 16.2. The molecule has 0 unspecified atom stereocenters. The number of aromatic hydroxyl groups is 2. The molecule has 0 spiro atoms. The third-order valence-electron chi connectivity index (χ3n) is 3.40. The molecule has 6 nitrogen and oxygen atoms in total. The van der Waals surface area contributed by atoms with Gasteiger partial charge in [-0.25, -0.2) is 4.98 Å². The van der Waals surface area contributed by atoms with Gasteiger partial charge in [-0.3, -0.25) is 0 Å². The first kappa shape index (κ1) is 14.8. The van der Waals surface area contributed by atoms with Crippen LogP contribution >= 0.6 is 0 Å². The minimum absolute atomic E-state index is 0.187. The highest BCUT2D eigenvalue weighted by molar-refractivity contribution is 5.65. The van der Waals surface area contributed by atoms with Crippen molar-refractivity contribution in [2.45, 2.75) is 0 Å². The second-order valence-corrected chi connectivity index (χ2v) is 4.80. The minimum Gasteiger partial charge on any atom is -0.504 e. The van der Waals surface area contributed by atoms with Gasteiger partial charge in [-0.05, 0) is 36.4 Å². The van der Waals surface area contributed by atoms with E-state index in [0.29, 0.717) is 28.7 Å². The topological polar surface area (TPSA) is 85.0 Å². The lowest BCUT2D eigenvalue weighted by Gasteiger charge is -2.07. The monoisotopic (exact) mass is 313 g/mol. The maximum atomic E-state index is 9.57. The Balaban J connectivity index is 1.97. The van der Waals surface area contributed by atoms with Crippen LogP contribution in [0.1, 0.15) is 0 Å². The Kier molecular flexibility index (Phi) is 3.80. The van der Waals surface area contributed by atoms with Gasteiger partial charge in [0.15, 0.2) is 28.8 Å². The number of ether oxygens (including phenoxy) is 2. The molecular weight excluding hydrogens is 298 g/mol. The van der Waals surface area contributed by atoms with Crippen molar-refractivity contribution in [3.63, 3.8) is 0 Å². The Morgan fingerprint density at radius 1 is 0.870 bits per heavy atom. The predicted octanol–water partition coefficient (Wildman–Crippen LogP) is 3.44. The summed E-state index contributed by atoms with van der Waals surface area (Å²) in [5.74, 6) is 1.68. The minimum atomic E-state index is -0.216. The van der Waals surface area contributed by atoms with Crippen LogP contribution in [0.2, 0.25) is 0 Å². The number of phenolic OH excluding ortho intramolecular Hbond substituents is 2. The number of oxazole rings is 1. The molecular formula is C17H15NO5. The van der Waals surface area contributed by atoms with Crippen molar-refractivity contribution in [3.8, 4) is 45.8 Å². The number of aromatic nitrogens is 1. The molecule has 2 aromatic carbocycles. The van der Waals surface area contributed by atoms with Crippen LogP contribution in [-0.2, 0) is 0 Å². The Morgan fingerprint density at radius 3 is 2.30 bits per heavy atom. The van der Waals surface area contributed by atoms with Crippen LogP contribution in [0.3, 0.4) is 0 Å². The molecule has 23 heavy (non-hydrogen) atoms. The van der Waals surface area contributed by atoms with Gasteiger partial charge in [0, 0.05) is 11.1 Å². The molecule has 6 heteroatoms. The highest BCUT2D eigenvalue weighted by Gasteiger charge is 2.13. The number of nitrogens with zero attached hydrogens (tertiary/aromatic N) is 1. The first-order valence-corrected chi connectivity index (χ1v) is 6.83. The lowest BCUT2D eigenvalue weighted by atomic mass is 10.1. The largest absolute Gasteiger partial charge is 0.504 e. The molecule has 0 saturated heterocycles. The van der Waals surface area contributed by atoms with Crippen molar-refractivity contribution in [3.05, 3.63) is 42.6 Å². The first-order chi connectivity index (χ1) is 11.1. The van der Waals surface area contributed by atoms with Crippen molar-refractivity contribution < 1.29 is 24.1 Å². The molecule has 0 fully saturated rings. The fourth-order valence-electron chi connectivity index (χ4n) is 2.19. The Hall–Kier alpha value is -3.15. The lowest BCUT2D eigenvalue weighted by Crippen LogP contribution is -1.90. The van der Waals surface area contributed by atoms with Crippen LogP contribution in [-0.4, -0.2) is 29.4 Å². The smallest absolute Gasteiger partial charge is 0.226 e. The van der Waals surface area contributed by atoms with Crippen molar-refractivity contribution in [1.29, 1.82) is 0 Å². The summed E-state index contributed by atoms with van der Waals surface area (Å²) in [5, 5.41) is 18.9. The molecule has 2 N–H and O–H groups in total. The van der Waals surface area contributed by atoms with Gasteiger partial charge in [0.05, 0.1) is 20.4 Å². The van der Waals surface area contributed by atoms with E-state index < -0.39 is 0 Å². The number of methoxy groups -OCH3 is 2. The van der Waals surface area contributed by atoms with E-state index in [9.17, 15) is 10.2 Å². The van der Waals surface area contributed by atoms with Crippen molar-refractivity contribution >= 4 is 0 Å². The van der Waals surface area contributed by atoms with Crippen LogP contribution in [0.25, 0.3) is 22.8 Å². The molecule has 0 amide bonds. The fraction of sp³-hybridized carbons (Fsp3) is 0.118. The SMILES string of the molecule is COc1ccc(-c2ncc(-c3ccc(O)c(O)c3)o2)cc1OC. The number of rotatable bonds is 4. The third kappa shape index (κ3) is 2.78. The van der Waals surface area contributed by atoms with E-state index in [1.54, 1.807) is 38.6 Å². The number of hydrogen-bond donors (Lipinski definition) is 2. The molecule has 0 bridgehead atoms. The maximum Gasteiger partial charge on any atom is 0.226 e. The van der Waals surface area contributed by atoms with Crippen LogP contribution in [0.5, 0.6) is 23.0 Å². The van der Waals surface area contributed by atoms with Gasteiger partial charge in [-0.2, -0.15) is 0 Å². The number of hydrogen-bond acceptors (Lipinski definition) is 6. The van der Waals surface area contributed by atoms with Gasteiger partial charge in [-0.15, -0.1) is 0 Å². The first-order valence-electron chi connectivity index (χ1n) is 6.83. The van der Waals surface area contributed by atoms with Gasteiger partial charge in [0.25, 0.3) is 0 Å². The molecule has 0 aliphatic carbocycles. The summed E-state index contributed by atoms with van der Waals surface area (Å²) >= 11 is 0. The summed E-state index contributed by atoms with van der Waals surface area (Å²) in [6.07, 6.45) is 1.55. The summed E-state index contributed by atoms with van der Waals surface area (Å²) in [6.45, 7) is 0. The molecule has 3 aromatic rings. The molecule has 1 aromatic heterocycles. The fourth-order valence-corrected chi connectivity index (χ4v) is 2.19. The van der Waals surface area contributed by atoms with E-state index in [4.69, 9.17) is 13.9 Å². The second-order valence-electron chi connectivity index (χ2n) is 4.80. The summed E-state index contributed by atoms with van der Waals surface area (Å²) in [5.41, 5.74) is 1.34. The van der Waals surface area contributed by atoms with Crippen LogP contribution in [0, 0.1) is 0 Å². The van der Waals surface area contributed by atoms with Crippen LogP contribution in [0.15, 0.2) is 47.0 Å². The number of phenols is 2. The normalized spacial score (nSPS) is 10.5. The zero-order valence-electron chi connectivity index (χ0n) is 12.6. The van der Waals surface area contributed by atoms with Gasteiger partial charge in [0.1, 0.15) is 0 Å². The number of benzene rings is 2. The average molecular weight is 313 g/mol. The Morgan fingerprint density at radius 2 is 1.61 bits per heavy atom. The Bertz CT molecular complexity index is 841. The average Bonchev–Trinajstić information content (AvgIpc) is 3.06. The quantitative estimate of drug-likeness (QED) is 0.718. The van der Waals surface area contributed by atoms with E-state index in [-0.39, 0.29) is 11.5 Å². The maximum absolute atomic E-state index is 9.57. The lowest BCUT2D eigenvalue weighted by molar-refractivity contribution is 0.355. The standard InChI is InChI=1S/C17H15NO5/c1-21-14-6-4-11(8-15(14)22-2)17-18-9-16(23-17)10-3-5-12(19)13(20)7-10/h3-9,19-20H,1-2H3. The zero-order chi connectivity index (χ0) is 16.4. The van der Waals surface area contributed by atoms with Gasteiger partial charge in [-0.1, -0.05) is 0 Å².